The van der Waals surface area contributed by atoms with E-state index >= 15 is 0 Å². The summed E-state index contributed by atoms with van der Waals surface area (Å²) in [6.45, 7) is 0.907. The molecule has 0 aliphatic carbocycles. The van der Waals surface area contributed by atoms with Crippen LogP contribution in [0.25, 0.3) is 11.4 Å². The van der Waals surface area contributed by atoms with Crippen LogP contribution in [0.1, 0.15) is 39.3 Å². The molecule has 13 nitrogen and oxygen atoms in total. The smallest absolute Gasteiger partial charge is 0.649 e. The van der Waals surface area contributed by atoms with E-state index in [1.807, 2.05) is 54.6 Å². The van der Waals surface area contributed by atoms with E-state index in [1.54, 1.807) is 36.0 Å². The Bertz CT molecular complexity index is 2190. The van der Waals surface area contributed by atoms with E-state index in [2.05, 4.69) is 26.1 Å². The molecule has 0 spiro atoms. The van der Waals surface area contributed by atoms with Crippen molar-refractivity contribution >= 4 is 51.8 Å². The maximum Gasteiger partial charge on any atom is 1.00 e. The fraction of sp³-hybridized carbons (Fsp3) is 0.154. The average molecular weight is 805 g/mol. The van der Waals surface area contributed by atoms with Gasteiger partial charge >= 0.3 is 51.4 Å². The van der Waals surface area contributed by atoms with Crippen molar-refractivity contribution in [2.75, 3.05) is 25.1 Å². The maximum absolute atomic E-state index is 12.7. The number of nitrogens with zero attached hydrogens (tertiary/aromatic N) is 4. The van der Waals surface area contributed by atoms with Gasteiger partial charge in [0.25, 0.3) is 10.1 Å². The molecule has 5 aromatic rings. The Morgan fingerprint density at radius 1 is 0.945 bits per heavy atom. The van der Waals surface area contributed by atoms with E-state index in [-0.39, 0.29) is 92.2 Å². The van der Waals surface area contributed by atoms with E-state index in [0.29, 0.717) is 42.5 Å². The Morgan fingerprint density at radius 2 is 1.71 bits per heavy atom. The van der Waals surface area contributed by atoms with Crippen LogP contribution in [0.3, 0.4) is 0 Å². The number of nitrogens with one attached hydrogen (secondary N) is 2. The first-order valence-electron chi connectivity index (χ1n) is 16.7. The quantitative estimate of drug-likeness (QED) is 0.0193. The van der Waals surface area contributed by atoms with Gasteiger partial charge in [-0.3, -0.25) is 14.8 Å². The minimum Gasteiger partial charge on any atom is -0.649 e. The van der Waals surface area contributed by atoms with Crippen molar-refractivity contribution in [2.45, 2.75) is 28.4 Å². The molecule has 0 saturated carbocycles. The van der Waals surface area contributed by atoms with E-state index in [1.165, 1.54) is 48.8 Å². The number of aromatic hydroxyl groups is 1. The second-order valence-corrected chi connectivity index (χ2v) is 14.0. The third kappa shape index (κ3) is 14.6. The monoisotopic (exact) mass is 804 g/mol. The summed E-state index contributed by atoms with van der Waals surface area (Å²) in [5, 5.41) is 20.3. The zero-order valence-electron chi connectivity index (χ0n) is 29.9. The molecule has 0 aliphatic rings. The molecule has 0 fully saturated rings. The number of pyridine rings is 2. The molecule has 5 rings (SSSR count). The predicted molar refractivity (Wildman–Crippen MR) is 208 cm³/mol. The fourth-order valence-corrected chi connectivity index (χ4v) is 6.27. The number of hydrogen-bond acceptors (Lipinski definition) is 11. The molecule has 3 aromatic carbocycles. The summed E-state index contributed by atoms with van der Waals surface area (Å²) in [6.07, 6.45) is 6.70. The molecule has 4 N–H and O–H groups in total. The number of benzene rings is 3. The molecule has 2 amide bonds. The van der Waals surface area contributed by atoms with Gasteiger partial charge in [-0.05, 0) is 66.2 Å². The number of aromatic nitrogens is 2. The molecule has 0 saturated heterocycles. The van der Waals surface area contributed by atoms with Gasteiger partial charge in [-0.25, -0.2) is 9.97 Å². The normalized spacial score (nSPS) is 11.2. The number of phenolic OH excluding ortho intramolecular Hbond substituents is 1. The number of carbonyl (C=O) groups excluding carboxylic acids is 2. The number of ether oxygens (including phenoxy) is 1. The molecule has 0 unspecified atom stereocenters. The largest absolute Gasteiger partial charge is 1.00 e. The fourth-order valence-electron chi connectivity index (χ4n) is 4.80. The molecule has 0 atom stereocenters. The summed E-state index contributed by atoms with van der Waals surface area (Å²) >= 11 is 1.57. The molecule has 0 aliphatic heterocycles. The maximum atomic E-state index is 12.7. The zero-order valence-corrected chi connectivity index (χ0v) is 34.7. The number of anilines is 1. The summed E-state index contributed by atoms with van der Waals surface area (Å²) < 4.78 is 38.5. The summed E-state index contributed by atoms with van der Waals surface area (Å²) in [5.41, 5.74) is 5.54. The predicted octanol–water partition coefficient (Wildman–Crippen LogP) is 3.53. The zero-order chi connectivity index (χ0) is 38.2. The first-order valence-corrected chi connectivity index (χ1v) is 19.1. The van der Waals surface area contributed by atoms with Crippen LogP contribution in [0, 0.1) is 0 Å². The second kappa shape index (κ2) is 22.2. The number of rotatable bonds is 18. The molecular formula is C39H37KN6O7S2. The van der Waals surface area contributed by atoms with E-state index < -0.39 is 16.0 Å². The number of carbonyl (C=O) groups is 2. The second-order valence-electron chi connectivity index (χ2n) is 11.5. The Labute approximate surface area is 366 Å². The van der Waals surface area contributed by atoms with E-state index in [9.17, 15) is 27.7 Å². The van der Waals surface area contributed by atoms with Gasteiger partial charge < -0.3 is 25.3 Å². The van der Waals surface area contributed by atoms with Crippen LogP contribution in [0.15, 0.2) is 130 Å². The Hall–Kier alpha value is -4.39. The Balaban J connectivity index is 0.00000673. The third-order valence-corrected chi connectivity index (χ3v) is 9.50. The van der Waals surface area contributed by atoms with Gasteiger partial charge in [-0.1, -0.05) is 55.0 Å². The molecule has 2 aromatic heterocycles. The molecular weight excluding hydrogens is 768 g/mol. The molecule has 2 heterocycles. The number of amides is 2. The van der Waals surface area contributed by atoms with Crippen LogP contribution >= 0.6 is 11.8 Å². The molecule has 278 valence electrons. The SMILES string of the molecule is O=C(/C=C/c1nc(CSc2ccc(O)cc2)ccc1OCCc1ccccc1)NCCC[N-]C(=O)c1ccc(N/N=C/c2ccccc2S(=O)(=O)O)nc1.[K+]. The van der Waals surface area contributed by atoms with Gasteiger partial charge in [0.05, 0.1) is 24.4 Å². The van der Waals surface area contributed by atoms with Crippen LogP contribution in [0.4, 0.5) is 5.82 Å². The minimum absolute atomic E-state index is 0. The van der Waals surface area contributed by atoms with Crippen LogP contribution in [0.5, 0.6) is 11.5 Å². The summed E-state index contributed by atoms with van der Waals surface area (Å²) in [4.78, 5) is 34.8. The molecule has 0 bridgehead atoms. The number of hydrazone groups is 1. The van der Waals surface area contributed by atoms with Crippen molar-refractivity contribution in [3.05, 3.63) is 149 Å². The van der Waals surface area contributed by atoms with Crippen molar-refractivity contribution in [2.24, 2.45) is 5.10 Å². The molecule has 16 heteroatoms. The first-order chi connectivity index (χ1) is 26.1. The topological polar surface area (TPSA) is 194 Å². The third-order valence-electron chi connectivity index (χ3n) is 7.53. The van der Waals surface area contributed by atoms with E-state index in [4.69, 9.17) is 9.72 Å². The van der Waals surface area contributed by atoms with Gasteiger partial charge in [-0.2, -0.15) is 13.5 Å². The van der Waals surface area contributed by atoms with Crippen molar-refractivity contribution in [3.63, 3.8) is 0 Å². The van der Waals surface area contributed by atoms with Crippen molar-refractivity contribution < 1.29 is 83.8 Å². The van der Waals surface area contributed by atoms with Crippen LogP contribution in [0.2, 0.25) is 0 Å². The van der Waals surface area contributed by atoms with Crippen molar-refractivity contribution in [1.29, 1.82) is 0 Å². The minimum atomic E-state index is -4.41. The number of hydrogen-bond donors (Lipinski definition) is 4. The molecule has 0 radical (unpaired) electrons. The number of phenols is 1. The summed E-state index contributed by atoms with van der Waals surface area (Å²) in [5.74, 6) is 0.822. The van der Waals surface area contributed by atoms with Gasteiger partial charge in [-0.15, -0.1) is 18.3 Å². The van der Waals surface area contributed by atoms with E-state index in [0.717, 1.165) is 16.2 Å². The summed E-state index contributed by atoms with van der Waals surface area (Å²) in [6, 6.07) is 29.5. The van der Waals surface area contributed by atoms with Gasteiger partial charge in [0.1, 0.15) is 27.9 Å². The van der Waals surface area contributed by atoms with Crippen LogP contribution in [-0.4, -0.2) is 65.8 Å². The van der Waals surface area contributed by atoms with Crippen LogP contribution < -0.4 is 66.9 Å². The van der Waals surface area contributed by atoms with Gasteiger partial charge in [0.15, 0.2) is 0 Å². The molecule has 55 heavy (non-hydrogen) atoms. The Morgan fingerprint density at radius 3 is 2.45 bits per heavy atom. The standard InChI is InChI=1S/C39H38N6O7S2.K/c46-32-13-15-33(16-14-32)53-27-31-12-18-35(52-24-21-28-7-2-1-3-8-28)34(44-31)17-20-38(47)40-22-6-23-41-39(48)30-11-19-37(42-25-30)45-43-26-29-9-4-5-10-36(29)54(49,50)51;/h1-5,7-20,25-26H,6,21-24,27H2,(H5,40,41,42,45,46,47,48,49,50,51);/q;+1/p-1/b20-17+,43-26+;. The van der Waals surface area contributed by atoms with Gasteiger partial charge in [0, 0.05) is 47.0 Å². The Kier molecular flexibility index (Phi) is 17.5. The summed E-state index contributed by atoms with van der Waals surface area (Å²) in [7, 11) is -4.41. The number of thioether (sulfide) groups is 1. The average Bonchev–Trinajstić information content (AvgIpc) is 3.17. The van der Waals surface area contributed by atoms with Crippen molar-refractivity contribution in [3.8, 4) is 11.5 Å². The van der Waals surface area contributed by atoms with Gasteiger partial charge in [0.2, 0.25) is 5.91 Å². The van der Waals surface area contributed by atoms with Crippen LogP contribution in [-0.2, 0) is 27.1 Å². The first kappa shape index (κ1) is 43.3. The van der Waals surface area contributed by atoms with Crippen molar-refractivity contribution in [1.82, 2.24) is 15.3 Å².